The number of hydrogen-bond donors (Lipinski definition) is 2. The van der Waals surface area contributed by atoms with E-state index in [1.807, 2.05) is 11.0 Å². The Morgan fingerprint density at radius 1 is 1.29 bits per heavy atom. The first-order valence-electron chi connectivity index (χ1n) is 10.4. The molecule has 150 valence electrons. The second-order valence-corrected chi connectivity index (χ2v) is 8.54. The Hall–Kier alpha value is -2.34. The number of para-hydroxylation sites is 1. The number of aromatic nitrogens is 2. The molecule has 1 saturated carbocycles. The molecule has 4 rings (SSSR count). The second kappa shape index (κ2) is 7.95. The monoisotopic (exact) mass is 382 g/mol. The van der Waals surface area contributed by atoms with E-state index in [-0.39, 0.29) is 11.7 Å². The summed E-state index contributed by atoms with van der Waals surface area (Å²) in [6.45, 7) is 8.28. The summed E-state index contributed by atoms with van der Waals surface area (Å²) in [5, 5.41) is 17.2. The van der Waals surface area contributed by atoms with Crippen molar-refractivity contribution in [3.05, 3.63) is 36.0 Å². The summed E-state index contributed by atoms with van der Waals surface area (Å²) in [5.74, 6) is 1.52. The number of amides is 1. The summed E-state index contributed by atoms with van der Waals surface area (Å²) < 4.78 is 0. The SMILES string of the molecule is CC(C)[C@H]1CN(C(=O)c2cc(-c3ccccc3O)n[nH]2)CCCN1CC1CC1. The van der Waals surface area contributed by atoms with Crippen LogP contribution in [-0.2, 0) is 0 Å². The van der Waals surface area contributed by atoms with E-state index in [1.165, 1.54) is 19.4 Å². The van der Waals surface area contributed by atoms with Crippen molar-refractivity contribution in [2.24, 2.45) is 11.8 Å². The van der Waals surface area contributed by atoms with Gasteiger partial charge < -0.3 is 10.0 Å². The number of carbonyl (C=O) groups is 1. The zero-order valence-electron chi connectivity index (χ0n) is 16.8. The lowest BCUT2D eigenvalue weighted by Gasteiger charge is -2.34. The van der Waals surface area contributed by atoms with Crippen molar-refractivity contribution in [1.82, 2.24) is 20.0 Å². The number of nitrogens with zero attached hydrogens (tertiary/aromatic N) is 3. The Balaban J connectivity index is 1.50. The predicted octanol–water partition coefficient (Wildman–Crippen LogP) is 3.36. The van der Waals surface area contributed by atoms with Crippen molar-refractivity contribution >= 4 is 5.91 Å². The number of aromatic hydroxyl groups is 1. The Bertz CT molecular complexity index is 827. The van der Waals surface area contributed by atoms with E-state index in [1.54, 1.807) is 24.3 Å². The number of nitrogens with one attached hydrogen (secondary N) is 1. The van der Waals surface area contributed by atoms with Crippen molar-refractivity contribution in [3.8, 4) is 17.0 Å². The van der Waals surface area contributed by atoms with E-state index in [9.17, 15) is 9.90 Å². The van der Waals surface area contributed by atoms with Crippen LogP contribution < -0.4 is 0 Å². The number of aromatic amines is 1. The van der Waals surface area contributed by atoms with Gasteiger partial charge in [0.05, 0.1) is 5.69 Å². The minimum atomic E-state index is -0.00640. The minimum Gasteiger partial charge on any atom is -0.507 e. The number of phenols is 1. The van der Waals surface area contributed by atoms with Gasteiger partial charge in [-0.25, -0.2) is 0 Å². The van der Waals surface area contributed by atoms with Gasteiger partial charge in [-0.1, -0.05) is 26.0 Å². The summed E-state index contributed by atoms with van der Waals surface area (Å²) in [5.41, 5.74) is 1.70. The molecular formula is C22H30N4O2. The molecule has 1 atom stereocenters. The lowest BCUT2D eigenvalue weighted by Crippen LogP contribution is -2.46. The van der Waals surface area contributed by atoms with Crippen molar-refractivity contribution in [1.29, 1.82) is 0 Å². The van der Waals surface area contributed by atoms with Crippen LogP contribution in [-0.4, -0.2) is 63.2 Å². The molecule has 6 nitrogen and oxygen atoms in total. The lowest BCUT2D eigenvalue weighted by atomic mass is 10.0. The van der Waals surface area contributed by atoms with Crippen molar-refractivity contribution in [3.63, 3.8) is 0 Å². The molecule has 2 aliphatic rings. The van der Waals surface area contributed by atoms with Crippen molar-refractivity contribution in [2.45, 2.75) is 39.2 Å². The highest BCUT2D eigenvalue weighted by Gasteiger charge is 2.33. The quantitative estimate of drug-likeness (QED) is 0.832. The molecule has 1 aromatic heterocycles. The molecule has 1 aromatic carbocycles. The molecule has 2 N–H and O–H groups in total. The molecule has 28 heavy (non-hydrogen) atoms. The molecule has 2 heterocycles. The molecule has 6 heteroatoms. The topological polar surface area (TPSA) is 72.5 Å². The van der Waals surface area contributed by atoms with Crippen molar-refractivity contribution < 1.29 is 9.90 Å². The molecule has 1 aliphatic carbocycles. The zero-order chi connectivity index (χ0) is 19.7. The maximum atomic E-state index is 13.2. The first-order valence-corrected chi connectivity index (χ1v) is 10.4. The van der Waals surface area contributed by atoms with Gasteiger partial charge in [0.1, 0.15) is 11.4 Å². The predicted molar refractivity (Wildman–Crippen MR) is 109 cm³/mol. The Morgan fingerprint density at radius 3 is 2.79 bits per heavy atom. The standard InChI is InChI=1S/C22H30N4O2/c1-15(2)20-14-26(11-5-10-25(20)13-16-8-9-16)22(28)19-12-18(23-24-19)17-6-3-4-7-21(17)27/h3-4,6-7,12,15-16,20,27H,5,8-11,13-14H2,1-2H3,(H,23,24)/t20-/m1/s1. The van der Waals surface area contributed by atoms with Crippen LogP contribution in [0.4, 0.5) is 0 Å². The Labute approximate surface area is 166 Å². The van der Waals surface area contributed by atoms with Crippen LogP contribution in [0.3, 0.4) is 0 Å². The average molecular weight is 383 g/mol. The van der Waals surface area contributed by atoms with Gasteiger partial charge in [-0.2, -0.15) is 5.10 Å². The van der Waals surface area contributed by atoms with Gasteiger partial charge in [-0.05, 0) is 49.3 Å². The molecule has 1 amide bonds. The number of rotatable bonds is 5. The van der Waals surface area contributed by atoms with Crippen LogP contribution in [0.1, 0.15) is 43.6 Å². The summed E-state index contributed by atoms with van der Waals surface area (Å²) >= 11 is 0. The molecule has 0 spiro atoms. The van der Waals surface area contributed by atoms with Gasteiger partial charge in [-0.3, -0.25) is 14.8 Å². The van der Waals surface area contributed by atoms with E-state index >= 15 is 0 Å². The van der Waals surface area contributed by atoms with Crippen LogP contribution in [0.5, 0.6) is 5.75 Å². The maximum Gasteiger partial charge on any atom is 0.271 e. The van der Waals surface area contributed by atoms with Crippen LogP contribution in [0.25, 0.3) is 11.3 Å². The Morgan fingerprint density at radius 2 is 2.07 bits per heavy atom. The molecule has 1 saturated heterocycles. The number of carbonyl (C=O) groups excluding carboxylic acids is 1. The second-order valence-electron chi connectivity index (χ2n) is 8.54. The van der Waals surface area contributed by atoms with E-state index in [0.717, 1.165) is 32.0 Å². The third-order valence-electron chi connectivity index (χ3n) is 5.98. The third kappa shape index (κ3) is 4.07. The molecule has 2 aromatic rings. The highest BCUT2D eigenvalue weighted by molar-refractivity contribution is 5.93. The molecule has 2 fully saturated rings. The molecule has 0 unspecified atom stereocenters. The molecular weight excluding hydrogens is 352 g/mol. The van der Waals surface area contributed by atoms with Crippen LogP contribution in [0, 0.1) is 11.8 Å². The summed E-state index contributed by atoms with van der Waals surface area (Å²) in [7, 11) is 0. The maximum absolute atomic E-state index is 13.2. The van der Waals surface area contributed by atoms with Gasteiger partial charge in [0, 0.05) is 37.8 Å². The fourth-order valence-corrected chi connectivity index (χ4v) is 4.17. The lowest BCUT2D eigenvalue weighted by molar-refractivity contribution is 0.0698. The van der Waals surface area contributed by atoms with Crippen LogP contribution in [0.15, 0.2) is 30.3 Å². The summed E-state index contributed by atoms with van der Waals surface area (Å²) in [6, 6.07) is 9.19. The highest BCUT2D eigenvalue weighted by atomic mass is 16.3. The molecule has 0 radical (unpaired) electrons. The fraction of sp³-hybridized carbons (Fsp3) is 0.545. The zero-order valence-corrected chi connectivity index (χ0v) is 16.8. The van der Waals surface area contributed by atoms with Gasteiger partial charge in [-0.15, -0.1) is 0 Å². The van der Waals surface area contributed by atoms with E-state index in [2.05, 4.69) is 28.9 Å². The number of H-pyrrole nitrogens is 1. The van der Waals surface area contributed by atoms with Crippen LogP contribution >= 0.6 is 0 Å². The van der Waals surface area contributed by atoms with E-state index in [0.29, 0.717) is 28.9 Å². The first-order chi connectivity index (χ1) is 13.5. The Kier molecular flexibility index (Phi) is 5.40. The van der Waals surface area contributed by atoms with Gasteiger partial charge in [0.2, 0.25) is 0 Å². The number of benzene rings is 1. The number of phenolic OH excluding ortho intramolecular Hbond substituents is 1. The number of hydrogen-bond acceptors (Lipinski definition) is 4. The fourth-order valence-electron chi connectivity index (χ4n) is 4.17. The third-order valence-corrected chi connectivity index (χ3v) is 5.98. The molecule has 0 bridgehead atoms. The normalized spacial score (nSPS) is 21.1. The van der Waals surface area contributed by atoms with Crippen LogP contribution in [0.2, 0.25) is 0 Å². The first kappa shape index (κ1) is 19.0. The van der Waals surface area contributed by atoms with Gasteiger partial charge >= 0.3 is 0 Å². The summed E-state index contributed by atoms with van der Waals surface area (Å²) in [4.78, 5) is 17.7. The highest BCUT2D eigenvalue weighted by Crippen LogP contribution is 2.32. The smallest absolute Gasteiger partial charge is 0.271 e. The summed E-state index contributed by atoms with van der Waals surface area (Å²) in [6.07, 6.45) is 3.71. The molecule has 1 aliphatic heterocycles. The van der Waals surface area contributed by atoms with Gasteiger partial charge in [0.25, 0.3) is 5.91 Å². The van der Waals surface area contributed by atoms with E-state index < -0.39 is 0 Å². The largest absolute Gasteiger partial charge is 0.507 e. The van der Waals surface area contributed by atoms with Gasteiger partial charge in [0.15, 0.2) is 0 Å². The van der Waals surface area contributed by atoms with E-state index in [4.69, 9.17) is 0 Å². The minimum absolute atomic E-state index is 0.00640. The average Bonchev–Trinajstić information content (AvgIpc) is 3.41. The van der Waals surface area contributed by atoms with Crippen molar-refractivity contribution in [2.75, 3.05) is 26.2 Å².